The second kappa shape index (κ2) is 4.75. The molecule has 17 heavy (non-hydrogen) atoms. The summed E-state index contributed by atoms with van der Waals surface area (Å²) >= 11 is 0. The van der Waals surface area contributed by atoms with Crippen LogP contribution in [0.2, 0.25) is 0 Å². The van der Waals surface area contributed by atoms with E-state index in [1.165, 1.54) is 12.4 Å². The van der Waals surface area contributed by atoms with Gasteiger partial charge in [-0.25, -0.2) is 13.1 Å². The van der Waals surface area contributed by atoms with Gasteiger partial charge in [-0.2, -0.15) is 5.10 Å². The lowest BCUT2D eigenvalue weighted by atomic mass is 9.85. The van der Waals surface area contributed by atoms with E-state index in [1.54, 1.807) is 0 Å². The van der Waals surface area contributed by atoms with Crippen molar-refractivity contribution in [3.63, 3.8) is 0 Å². The third-order valence-corrected chi connectivity index (χ3v) is 4.53. The first-order valence-corrected chi connectivity index (χ1v) is 7.21. The number of sulfonamides is 1. The van der Waals surface area contributed by atoms with Crippen LogP contribution in [0.1, 0.15) is 32.1 Å². The zero-order valence-corrected chi connectivity index (χ0v) is 10.3. The van der Waals surface area contributed by atoms with E-state index in [0.717, 1.165) is 19.3 Å². The number of rotatable bonds is 4. The molecule has 0 aromatic carbocycles. The van der Waals surface area contributed by atoms with Crippen molar-refractivity contribution in [3.8, 4) is 0 Å². The van der Waals surface area contributed by atoms with Gasteiger partial charge in [-0.1, -0.05) is 19.3 Å². The normalized spacial score (nSPS) is 20.3. The van der Waals surface area contributed by atoms with Crippen LogP contribution in [0.5, 0.6) is 0 Å². The number of hydrogen-bond acceptors (Lipinski definition) is 4. The van der Waals surface area contributed by atoms with Gasteiger partial charge >= 0.3 is 0 Å². The minimum atomic E-state index is -3.56. The van der Waals surface area contributed by atoms with E-state index in [1.807, 2.05) is 0 Å². The molecule has 96 valence electrons. The van der Waals surface area contributed by atoms with Crippen molar-refractivity contribution in [2.75, 3.05) is 6.54 Å². The lowest BCUT2D eigenvalue weighted by molar-refractivity contribution is 0.00945. The number of aromatic nitrogens is 2. The molecule has 0 bridgehead atoms. The Labute approximate surface area is 100 Å². The number of nitrogens with one attached hydrogen (secondary N) is 2. The molecule has 0 saturated heterocycles. The van der Waals surface area contributed by atoms with Gasteiger partial charge in [0.2, 0.25) is 10.0 Å². The summed E-state index contributed by atoms with van der Waals surface area (Å²) in [7, 11) is -3.56. The summed E-state index contributed by atoms with van der Waals surface area (Å²) in [6.07, 6.45) is 6.87. The predicted octanol–water partition coefficient (Wildman–Crippen LogP) is 0.383. The zero-order valence-electron chi connectivity index (χ0n) is 9.52. The fourth-order valence-electron chi connectivity index (χ4n) is 2.09. The Kier molecular flexibility index (Phi) is 3.50. The SMILES string of the molecule is O=S(=O)(NCC1(O)CCCCC1)c1cn[nH]c1. The number of aromatic amines is 1. The molecule has 1 aliphatic rings. The molecule has 6 nitrogen and oxygen atoms in total. The molecule has 0 aliphatic heterocycles. The summed E-state index contributed by atoms with van der Waals surface area (Å²) < 4.78 is 26.0. The molecule has 7 heteroatoms. The fourth-order valence-corrected chi connectivity index (χ4v) is 3.11. The van der Waals surface area contributed by atoms with Crippen LogP contribution in [0.15, 0.2) is 17.3 Å². The Morgan fingerprint density at radius 1 is 1.41 bits per heavy atom. The summed E-state index contributed by atoms with van der Waals surface area (Å²) in [6, 6.07) is 0. The average Bonchev–Trinajstić information content (AvgIpc) is 2.82. The lowest BCUT2D eigenvalue weighted by Crippen LogP contribution is -2.44. The van der Waals surface area contributed by atoms with E-state index in [9.17, 15) is 13.5 Å². The summed E-state index contributed by atoms with van der Waals surface area (Å²) in [5, 5.41) is 16.2. The molecule has 1 saturated carbocycles. The van der Waals surface area contributed by atoms with E-state index in [-0.39, 0.29) is 11.4 Å². The highest BCUT2D eigenvalue weighted by atomic mass is 32.2. The van der Waals surface area contributed by atoms with Crippen molar-refractivity contribution < 1.29 is 13.5 Å². The first-order chi connectivity index (χ1) is 8.02. The molecule has 0 atom stereocenters. The Morgan fingerprint density at radius 3 is 2.71 bits per heavy atom. The summed E-state index contributed by atoms with van der Waals surface area (Å²) in [5.74, 6) is 0. The van der Waals surface area contributed by atoms with Gasteiger partial charge in [0.15, 0.2) is 0 Å². The monoisotopic (exact) mass is 259 g/mol. The van der Waals surface area contributed by atoms with Crippen LogP contribution in [0.25, 0.3) is 0 Å². The van der Waals surface area contributed by atoms with Crippen molar-refractivity contribution in [2.45, 2.75) is 42.6 Å². The van der Waals surface area contributed by atoms with Crippen molar-refractivity contribution >= 4 is 10.0 Å². The average molecular weight is 259 g/mol. The van der Waals surface area contributed by atoms with Crippen molar-refractivity contribution in [2.24, 2.45) is 0 Å². The van der Waals surface area contributed by atoms with Gasteiger partial charge in [0.05, 0.1) is 11.8 Å². The lowest BCUT2D eigenvalue weighted by Gasteiger charge is -2.31. The maximum Gasteiger partial charge on any atom is 0.243 e. The third kappa shape index (κ3) is 3.05. The summed E-state index contributed by atoms with van der Waals surface area (Å²) in [6.45, 7) is 0.0700. The minimum absolute atomic E-state index is 0.0700. The molecule has 0 unspecified atom stereocenters. The van der Waals surface area contributed by atoms with Crippen LogP contribution in [0.4, 0.5) is 0 Å². The van der Waals surface area contributed by atoms with E-state index in [4.69, 9.17) is 0 Å². The van der Waals surface area contributed by atoms with E-state index in [0.29, 0.717) is 12.8 Å². The van der Waals surface area contributed by atoms with Crippen LogP contribution >= 0.6 is 0 Å². The molecular formula is C10H17N3O3S. The van der Waals surface area contributed by atoms with Gasteiger partial charge < -0.3 is 5.11 Å². The number of aliphatic hydroxyl groups is 1. The van der Waals surface area contributed by atoms with Gasteiger partial charge in [-0.15, -0.1) is 0 Å². The molecule has 1 heterocycles. The number of hydrogen-bond donors (Lipinski definition) is 3. The van der Waals surface area contributed by atoms with Crippen LogP contribution in [-0.2, 0) is 10.0 Å². The summed E-state index contributed by atoms with van der Waals surface area (Å²) in [5.41, 5.74) is -0.894. The largest absolute Gasteiger partial charge is 0.389 e. The fraction of sp³-hybridized carbons (Fsp3) is 0.700. The van der Waals surface area contributed by atoms with Crippen molar-refractivity contribution in [3.05, 3.63) is 12.4 Å². The van der Waals surface area contributed by atoms with Gasteiger partial charge in [0, 0.05) is 12.7 Å². The highest BCUT2D eigenvalue weighted by molar-refractivity contribution is 7.89. The maximum absolute atomic E-state index is 11.8. The Hall–Kier alpha value is -0.920. The topological polar surface area (TPSA) is 95.1 Å². The first kappa shape index (κ1) is 12.5. The van der Waals surface area contributed by atoms with Crippen LogP contribution in [-0.4, -0.2) is 35.9 Å². The molecule has 1 aliphatic carbocycles. The highest BCUT2D eigenvalue weighted by Crippen LogP contribution is 2.27. The van der Waals surface area contributed by atoms with Crippen LogP contribution in [0, 0.1) is 0 Å². The van der Waals surface area contributed by atoms with Crippen molar-refractivity contribution in [1.82, 2.24) is 14.9 Å². The maximum atomic E-state index is 11.8. The highest BCUT2D eigenvalue weighted by Gasteiger charge is 2.30. The molecule has 1 aromatic rings. The molecule has 0 amide bonds. The quantitative estimate of drug-likeness (QED) is 0.728. The van der Waals surface area contributed by atoms with Gasteiger partial charge in [-0.05, 0) is 12.8 Å². The molecule has 1 aromatic heterocycles. The molecule has 1 fully saturated rings. The van der Waals surface area contributed by atoms with Gasteiger partial charge in [0.1, 0.15) is 4.90 Å². The van der Waals surface area contributed by atoms with E-state index >= 15 is 0 Å². The Balaban J connectivity index is 1.98. The Morgan fingerprint density at radius 2 is 2.12 bits per heavy atom. The molecule has 0 radical (unpaired) electrons. The number of H-pyrrole nitrogens is 1. The number of nitrogens with zero attached hydrogens (tertiary/aromatic N) is 1. The molecule has 2 rings (SSSR count). The van der Waals surface area contributed by atoms with Crippen LogP contribution in [0.3, 0.4) is 0 Å². The molecule has 0 spiro atoms. The smallest absolute Gasteiger partial charge is 0.243 e. The van der Waals surface area contributed by atoms with Crippen molar-refractivity contribution in [1.29, 1.82) is 0 Å². The predicted molar refractivity (Wildman–Crippen MR) is 61.8 cm³/mol. The molecule has 3 N–H and O–H groups in total. The van der Waals surface area contributed by atoms with Gasteiger partial charge in [0.25, 0.3) is 0 Å². The van der Waals surface area contributed by atoms with Gasteiger partial charge in [-0.3, -0.25) is 5.10 Å². The summed E-state index contributed by atoms with van der Waals surface area (Å²) in [4.78, 5) is 0.0944. The Bertz CT molecular complexity index is 449. The van der Waals surface area contributed by atoms with E-state index in [2.05, 4.69) is 14.9 Å². The van der Waals surface area contributed by atoms with E-state index < -0.39 is 15.6 Å². The van der Waals surface area contributed by atoms with Crippen LogP contribution < -0.4 is 4.72 Å². The first-order valence-electron chi connectivity index (χ1n) is 5.73. The second-order valence-corrected chi connectivity index (χ2v) is 6.31. The minimum Gasteiger partial charge on any atom is -0.389 e. The standard InChI is InChI=1S/C10H17N3O3S/c14-10(4-2-1-3-5-10)8-13-17(15,16)9-6-11-12-7-9/h6-7,13-14H,1-5,8H2,(H,11,12). The third-order valence-electron chi connectivity index (χ3n) is 3.16. The second-order valence-electron chi connectivity index (χ2n) is 4.54. The molecular weight excluding hydrogens is 242 g/mol. The zero-order chi connectivity index (χ0) is 12.4.